The van der Waals surface area contributed by atoms with Crippen molar-refractivity contribution in [2.24, 2.45) is 0 Å². The number of amides is 2. The number of halogens is 3. The van der Waals surface area contributed by atoms with Crippen LogP contribution in [0.4, 0.5) is 24.5 Å². The van der Waals surface area contributed by atoms with Gasteiger partial charge in [-0.05, 0) is 91.3 Å². The summed E-state index contributed by atoms with van der Waals surface area (Å²) < 4.78 is 39.3. The summed E-state index contributed by atoms with van der Waals surface area (Å²) in [5.41, 5.74) is 4.58. The molecule has 1 aliphatic carbocycles. The molecule has 3 aromatic rings. The highest BCUT2D eigenvalue weighted by molar-refractivity contribution is 6.09. The summed E-state index contributed by atoms with van der Waals surface area (Å²) in [7, 11) is 0. The molecule has 39 heavy (non-hydrogen) atoms. The third-order valence-corrected chi connectivity index (χ3v) is 7.40. The number of hydrogen-bond acceptors (Lipinski definition) is 3. The van der Waals surface area contributed by atoms with Gasteiger partial charge in [-0.2, -0.15) is 13.2 Å². The van der Waals surface area contributed by atoms with Gasteiger partial charge in [-0.1, -0.05) is 31.0 Å². The number of aromatic nitrogens is 1. The zero-order chi connectivity index (χ0) is 27.4. The van der Waals surface area contributed by atoms with Gasteiger partial charge in [0.05, 0.1) is 12.0 Å². The van der Waals surface area contributed by atoms with E-state index >= 15 is 0 Å². The molecular formula is C31H30F3N3O2. The van der Waals surface area contributed by atoms with Gasteiger partial charge in [0, 0.05) is 35.4 Å². The van der Waals surface area contributed by atoms with E-state index in [1.165, 1.54) is 12.1 Å². The van der Waals surface area contributed by atoms with Crippen LogP contribution in [0.5, 0.6) is 0 Å². The van der Waals surface area contributed by atoms with E-state index in [9.17, 15) is 22.8 Å². The number of anilines is 2. The predicted molar refractivity (Wildman–Crippen MR) is 145 cm³/mol. The van der Waals surface area contributed by atoms with Gasteiger partial charge in [0.15, 0.2) is 0 Å². The summed E-state index contributed by atoms with van der Waals surface area (Å²) in [6, 6.07) is 16.2. The van der Waals surface area contributed by atoms with E-state index in [-0.39, 0.29) is 18.2 Å². The lowest BCUT2D eigenvalue weighted by Gasteiger charge is -2.20. The summed E-state index contributed by atoms with van der Waals surface area (Å²) in [6.45, 7) is 0.571. The molecule has 2 aromatic carbocycles. The Morgan fingerprint density at radius 1 is 0.897 bits per heavy atom. The van der Waals surface area contributed by atoms with Crippen LogP contribution in [-0.4, -0.2) is 23.3 Å². The summed E-state index contributed by atoms with van der Waals surface area (Å²) in [4.78, 5) is 32.4. The number of carbonyl (C=O) groups is 2. The van der Waals surface area contributed by atoms with Crippen molar-refractivity contribution in [1.29, 1.82) is 0 Å². The van der Waals surface area contributed by atoms with Crippen LogP contribution in [0.2, 0.25) is 0 Å². The van der Waals surface area contributed by atoms with Gasteiger partial charge in [-0.3, -0.25) is 14.6 Å². The monoisotopic (exact) mass is 533 g/mol. The number of fused-ring (bicyclic) bond motifs is 1. The molecular weight excluding hydrogens is 503 g/mol. The number of nitrogens with zero attached hydrogens (tertiary/aromatic N) is 2. The van der Waals surface area contributed by atoms with Crippen LogP contribution in [0.15, 0.2) is 72.4 Å². The maximum Gasteiger partial charge on any atom is 0.416 e. The first kappa shape index (κ1) is 26.7. The second kappa shape index (κ2) is 11.4. The van der Waals surface area contributed by atoms with Crippen LogP contribution < -0.4 is 10.2 Å². The van der Waals surface area contributed by atoms with E-state index in [0.29, 0.717) is 42.6 Å². The molecule has 0 bridgehead atoms. The Hall–Kier alpha value is -3.94. The lowest BCUT2D eigenvalue weighted by Crippen LogP contribution is -2.30. The lowest BCUT2D eigenvalue weighted by molar-refractivity contribution is -0.137. The highest BCUT2D eigenvalue weighted by Gasteiger charge is 2.30. The highest BCUT2D eigenvalue weighted by atomic mass is 19.4. The van der Waals surface area contributed by atoms with Crippen molar-refractivity contribution in [1.82, 2.24) is 4.98 Å². The van der Waals surface area contributed by atoms with E-state index < -0.39 is 11.7 Å². The fraction of sp³-hybridized carbons (Fsp3) is 0.323. The third kappa shape index (κ3) is 6.21. The zero-order valence-corrected chi connectivity index (χ0v) is 21.6. The van der Waals surface area contributed by atoms with Crippen molar-refractivity contribution in [2.75, 3.05) is 16.8 Å². The third-order valence-electron chi connectivity index (χ3n) is 7.40. The average molecular weight is 534 g/mol. The van der Waals surface area contributed by atoms with Gasteiger partial charge in [0.1, 0.15) is 0 Å². The molecule has 1 N–H and O–H groups in total. The maximum atomic E-state index is 13.5. The topological polar surface area (TPSA) is 62.3 Å². The average Bonchev–Trinajstić information content (AvgIpc) is 3.32. The van der Waals surface area contributed by atoms with Crippen LogP contribution >= 0.6 is 0 Å². The number of nitrogens with one attached hydrogen (secondary N) is 1. The molecule has 8 heteroatoms. The number of allylic oxidation sites excluding steroid dienone is 1. The molecule has 2 amide bonds. The zero-order valence-electron chi connectivity index (χ0n) is 21.6. The number of carbonyl (C=O) groups excluding carboxylic acids is 2. The first-order valence-corrected chi connectivity index (χ1v) is 13.3. The fourth-order valence-electron chi connectivity index (χ4n) is 5.39. The summed E-state index contributed by atoms with van der Waals surface area (Å²) >= 11 is 0. The molecule has 1 aliphatic heterocycles. The Balaban J connectivity index is 1.35. The molecule has 2 heterocycles. The minimum absolute atomic E-state index is 0.0231. The largest absolute Gasteiger partial charge is 0.416 e. The van der Waals surface area contributed by atoms with Gasteiger partial charge < -0.3 is 10.2 Å². The highest BCUT2D eigenvalue weighted by Crippen LogP contribution is 2.35. The van der Waals surface area contributed by atoms with Gasteiger partial charge >= 0.3 is 6.18 Å². The molecule has 0 unspecified atom stereocenters. The van der Waals surface area contributed by atoms with Gasteiger partial charge in [-0.15, -0.1) is 0 Å². The Bertz CT molecular complexity index is 1380. The smallest absolute Gasteiger partial charge is 0.322 e. The lowest BCUT2D eigenvalue weighted by atomic mass is 9.88. The quantitative estimate of drug-likeness (QED) is 0.385. The SMILES string of the molecule is O=C(Nc1ccc2c(c1)CCN2C(=O)Cc1ccccn1)C1=C(c2ccc(C(F)(F)F)cc2)CCCCCC1. The van der Waals surface area contributed by atoms with Gasteiger partial charge in [-0.25, -0.2) is 0 Å². The first-order chi connectivity index (χ1) is 18.8. The van der Waals surface area contributed by atoms with Crippen LogP contribution in [0, 0.1) is 0 Å². The molecule has 0 atom stereocenters. The van der Waals surface area contributed by atoms with E-state index in [1.807, 2.05) is 30.3 Å². The van der Waals surface area contributed by atoms with Crippen molar-refractivity contribution >= 4 is 28.8 Å². The van der Waals surface area contributed by atoms with Crippen molar-refractivity contribution in [3.8, 4) is 0 Å². The number of rotatable bonds is 5. The molecule has 5 rings (SSSR count). The molecule has 0 saturated heterocycles. The number of pyridine rings is 1. The van der Waals surface area contributed by atoms with E-state index in [0.717, 1.165) is 60.3 Å². The Morgan fingerprint density at radius 3 is 2.38 bits per heavy atom. The van der Waals surface area contributed by atoms with Crippen LogP contribution in [0.25, 0.3) is 5.57 Å². The van der Waals surface area contributed by atoms with Crippen molar-refractivity contribution in [2.45, 2.75) is 57.5 Å². The standard InChI is InChI=1S/C31H30F3N3O2/c32-31(33,34)23-12-10-21(11-13-23)26-8-3-1-2-4-9-27(26)30(39)36-25-14-15-28-22(19-25)16-18-37(28)29(38)20-24-7-5-6-17-35-24/h5-7,10-15,17,19H,1-4,8-9,16,18,20H2,(H,36,39). The molecule has 2 aliphatic rings. The number of hydrogen-bond donors (Lipinski definition) is 1. The van der Waals surface area contributed by atoms with E-state index in [1.54, 1.807) is 17.2 Å². The first-order valence-electron chi connectivity index (χ1n) is 13.3. The van der Waals surface area contributed by atoms with Crippen LogP contribution in [0.1, 0.15) is 60.9 Å². The molecule has 5 nitrogen and oxygen atoms in total. The second-order valence-corrected chi connectivity index (χ2v) is 10.0. The van der Waals surface area contributed by atoms with Crippen molar-refractivity contribution < 1.29 is 22.8 Å². The van der Waals surface area contributed by atoms with E-state index in [4.69, 9.17) is 0 Å². The number of benzene rings is 2. The summed E-state index contributed by atoms with van der Waals surface area (Å²) in [5.74, 6) is -0.252. The van der Waals surface area contributed by atoms with Crippen molar-refractivity contribution in [3.05, 3.63) is 94.8 Å². The molecule has 0 radical (unpaired) electrons. The molecule has 0 saturated carbocycles. The summed E-state index contributed by atoms with van der Waals surface area (Å²) in [5, 5.41) is 3.02. The minimum Gasteiger partial charge on any atom is -0.322 e. The van der Waals surface area contributed by atoms with Crippen LogP contribution in [0.3, 0.4) is 0 Å². The fourth-order valence-corrected chi connectivity index (χ4v) is 5.39. The van der Waals surface area contributed by atoms with Crippen LogP contribution in [-0.2, 0) is 28.6 Å². The second-order valence-electron chi connectivity index (χ2n) is 10.0. The minimum atomic E-state index is -4.40. The molecule has 0 fully saturated rings. The van der Waals surface area contributed by atoms with E-state index in [2.05, 4.69) is 10.3 Å². The summed E-state index contributed by atoms with van der Waals surface area (Å²) in [6.07, 6.45) is 3.17. The Morgan fingerprint density at radius 2 is 1.67 bits per heavy atom. The maximum absolute atomic E-state index is 13.5. The Kier molecular flexibility index (Phi) is 7.82. The molecule has 1 aromatic heterocycles. The Labute approximate surface area is 225 Å². The molecule has 0 spiro atoms. The van der Waals surface area contributed by atoms with Gasteiger partial charge in [0.25, 0.3) is 5.91 Å². The van der Waals surface area contributed by atoms with Crippen molar-refractivity contribution in [3.63, 3.8) is 0 Å². The number of alkyl halides is 3. The predicted octanol–water partition coefficient (Wildman–Crippen LogP) is 6.98. The normalized spacial score (nSPS) is 15.9. The van der Waals surface area contributed by atoms with Gasteiger partial charge in [0.2, 0.25) is 5.91 Å². The molecule has 202 valence electrons.